The van der Waals surface area contributed by atoms with Crippen LogP contribution in [0.5, 0.6) is 17.2 Å². The average Bonchev–Trinajstić information content (AvgIpc) is 3.34. The standard InChI is InChI=1S/C29H36ClN3O4/c30-25-17-23(4-8-26(25)37-24-5-6-24)33-12-9-21(18-33)29(34)31-22(19-32-10-1-2-11-32)15-20-3-7-27-28(16-20)36-14-13-35-27/h3-4,7-8,16-17,21-22,24H,1-2,5-6,9-15,18-19H2,(H,31,34). The number of hydrogen-bond acceptors (Lipinski definition) is 6. The van der Waals surface area contributed by atoms with E-state index < -0.39 is 0 Å². The lowest BCUT2D eigenvalue weighted by Crippen LogP contribution is -2.46. The number of ether oxygens (including phenoxy) is 3. The highest BCUT2D eigenvalue weighted by molar-refractivity contribution is 6.32. The van der Waals surface area contributed by atoms with E-state index in [-0.39, 0.29) is 17.9 Å². The number of likely N-dealkylation sites (tertiary alicyclic amines) is 1. The summed E-state index contributed by atoms with van der Waals surface area (Å²) in [7, 11) is 0. The van der Waals surface area contributed by atoms with Gasteiger partial charge in [0.05, 0.1) is 17.0 Å². The molecule has 1 N–H and O–H groups in total. The topological polar surface area (TPSA) is 63.3 Å². The summed E-state index contributed by atoms with van der Waals surface area (Å²) in [6.45, 7) is 5.78. The number of fused-ring (bicyclic) bond motifs is 1. The first kappa shape index (κ1) is 24.7. The smallest absolute Gasteiger partial charge is 0.225 e. The van der Waals surface area contributed by atoms with E-state index in [2.05, 4.69) is 33.3 Å². The first-order chi connectivity index (χ1) is 18.1. The van der Waals surface area contributed by atoms with Gasteiger partial charge in [0.25, 0.3) is 0 Å². The summed E-state index contributed by atoms with van der Waals surface area (Å²) in [4.78, 5) is 18.2. The number of nitrogens with one attached hydrogen (secondary N) is 1. The average molecular weight is 526 g/mol. The highest BCUT2D eigenvalue weighted by Crippen LogP contribution is 2.36. The summed E-state index contributed by atoms with van der Waals surface area (Å²) < 4.78 is 17.3. The van der Waals surface area contributed by atoms with E-state index in [0.717, 1.165) is 80.4 Å². The van der Waals surface area contributed by atoms with E-state index in [4.69, 9.17) is 25.8 Å². The lowest BCUT2D eigenvalue weighted by atomic mass is 10.0. The molecule has 1 aliphatic carbocycles. The SMILES string of the molecule is O=C(NC(Cc1ccc2c(c1)OCCO2)CN1CCCC1)C1CCN(c2ccc(OC3CC3)c(Cl)c2)C1. The molecule has 0 spiro atoms. The number of anilines is 1. The van der Waals surface area contributed by atoms with Crippen molar-refractivity contribution < 1.29 is 19.0 Å². The van der Waals surface area contributed by atoms with Gasteiger partial charge in [0, 0.05) is 31.4 Å². The summed E-state index contributed by atoms with van der Waals surface area (Å²) in [5.74, 6) is 2.46. The van der Waals surface area contributed by atoms with Crippen LogP contribution in [0, 0.1) is 5.92 Å². The lowest BCUT2D eigenvalue weighted by molar-refractivity contribution is -0.125. The van der Waals surface area contributed by atoms with E-state index in [0.29, 0.717) is 30.9 Å². The molecule has 37 heavy (non-hydrogen) atoms. The molecule has 3 fully saturated rings. The molecule has 6 rings (SSSR count). The van der Waals surface area contributed by atoms with Crippen molar-refractivity contribution in [3.8, 4) is 17.2 Å². The number of rotatable bonds is 9. The molecular formula is C29H36ClN3O4. The molecule has 2 unspecified atom stereocenters. The fourth-order valence-electron chi connectivity index (χ4n) is 5.61. The molecule has 7 nitrogen and oxygen atoms in total. The zero-order valence-corrected chi connectivity index (χ0v) is 22.0. The third-order valence-corrected chi connectivity index (χ3v) is 8.07. The Morgan fingerprint density at radius 2 is 1.84 bits per heavy atom. The molecule has 198 valence electrons. The van der Waals surface area contributed by atoms with Crippen molar-refractivity contribution in [2.45, 2.75) is 50.7 Å². The van der Waals surface area contributed by atoms with Gasteiger partial charge in [-0.3, -0.25) is 4.79 Å². The quantitative estimate of drug-likeness (QED) is 0.526. The zero-order chi connectivity index (χ0) is 25.2. The van der Waals surface area contributed by atoms with Crippen molar-refractivity contribution in [3.05, 3.63) is 47.0 Å². The minimum absolute atomic E-state index is 0.0393. The minimum Gasteiger partial charge on any atom is -0.489 e. The summed E-state index contributed by atoms with van der Waals surface area (Å²) >= 11 is 6.50. The van der Waals surface area contributed by atoms with Crippen LogP contribution in [0.4, 0.5) is 5.69 Å². The summed E-state index contributed by atoms with van der Waals surface area (Å²) in [5, 5.41) is 4.05. The molecule has 3 heterocycles. The number of carbonyl (C=O) groups is 1. The maximum Gasteiger partial charge on any atom is 0.225 e. The summed E-state index contributed by atoms with van der Waals surface area (Å²) in [6, 6.07) is 12.2. The van der Waals surface area contributed by atoms with Crippen molar-refractivity contribution in [2.75, 3.05) is 50.8 Å². The van der Waals surface area contributed by atoms with Crippen LogP contribution in [0.2, 0.25) is 5.02 Å². The first-order valence-electron chi connectivity index (χ1n) is 13.7. The lowest BCUT2D eigenvalue weighted by Gasteiger charge is -2.27. The molecule has 1 saturated carbocycles. The van der Waals surface area contributed by atoms with Crippen LogP contribution < -0.4 is 24.4 Å². The molecule has 2 saturated heterocycles. The second-order valence-corrected chi connectivity index (χ2v) is 11.2. The van der Waals surface area contributed by atoms with E-state index in [1.165, 1.54) is 12.8 Å². The molecule has 4 aliphatic rings. The van der Waals surface area contributed by atoms with Crippen LogP contribution in [-0.2, 0) is 11.2 Å². The Hall–Kier alpha value is -2.64. The van der Waals surface area contributed by atoms with Gasteiger partial charge in [-0.25, -0.2) is 0 Å². The molecule has 8 heteroatoms. The van der Waals surface area contributed by atoms with E-state index in [1.54, 1.807) is 0 Å². The Kier molecular flexibility index (Phi) is 7.34. The Morgan fingerprint density at radius 3 is 2.62 bits per heavy atom. The molecule has 2 aromatic carbocycles. The van der Waals surface area contributed by atoms with Gasteiger partial charge in [-0.1, -0.05) is 17.7 Å². The fraction of sp³-hybridized carbons (Fsp3) is 0.552. The number of nitrogens with zero attached hydrogens (tertiary/aromatic N) is 2. The van der Waals surface area contributed by atoms with E-state index in [9.17, 15) is 4.79 Å². The van der Waals surface area contributed by atoms with Gasteiger partial charge in [0.15, 0.2) is 11.5 Å². The van der Waals surface area contributed by atoms with Crippen LogP contribution in [-0.4, -0.2) is 68.9 Å². The third kappa shape index (κ3) is 6.10. The third-order valence-electron chi connectivity index (χ3n) is 7.77. The van der Waals surface area contributed by atoms with Crippen molar-refractivity contribution in [3.63, 3.8) is 0 Å². The Balaban J connectivity index is 1.09. The number of amides is 1. The molecule has 3 aliphatic heterocycles. The van der Waals surface area contributed by atoms with Crippen molar-refractivity contribution in [1.82, 2.24) is 10.2 Å². The summed E-state index contributed by atoms with van der Waals surface area (Å²) in [5.41, 5.74) is 2.21. The van der Waals surface area contributed by atoms with Crippen molar-refractivity contribution in [1.29, 1.82) is 0 Å². The second-order valence-electron chi connectivity index (χ2n) is 10.8. The van der Waals surface area contributed by atoms with Gasteiger partial charge in [0.2, 0.25) is 5.91 Å². The molecule has 0 aromatic heterocycles. The Labute approximate surface area is 224 Å². The molecule has 1 amide bonds. The Morgan fingerprint density at radius 1 is 1.03 bits per heavy atom. The number of halogens is 1. The Bertz CT molecular complexity index is 1120. The monoisotopic (exact) mass is 525 g/mol. The molecule has 0 radical (unpaired) electrons. The minimum atomic E-state index is -0.0393. The fourth-order valence-corrected chi connectivity index (χ4v) is 5.83. The van der Waals surface area contributed by atoms with Crippen molar-refractivity contribution >= 4 is 23.2 Å². The largest absolute Gasteiger partial charge is 0.489 e. The van der Waals surface area contributed by atoms with Gasteiger partial charge >= 0.3 is 0 Å². The van der Waals surface area contributed by atoms with Crippen LogP contribution in [0.25, 0.3) is 0 Å². The van der Waals surface area contributed by atoms with Crippen LogP contribution in [0.1, 0.15) is 37.7 Å². The zero-order valence-electron chi connectivity index (χ0n) is 21.3. The maximum absolute atomic E-state index is 13.4. The second kappa shape index (κ2) is 11.0. The number of hydrogen-bond donors (Lipinski definition) is 1. The highest BCUT2D eigenvalue weighted by atomic mass is 35.5. The van der Waals surface area contributed by atoms with Gasteiger partial charge in [-0.15, -0.1) is 0 Å². The van der Waals surface area contributed by atoms with Crippen molar-refractivity contribution in [2.24, 2.45) is 5.92 Å². The van der Waals surface area contributed by atoms with E-state index >= 15 is 0 Å². The summed E-state index contributed by atoms with van der Waals surface area (Å²) in [6.07, 6.45) is 6.60. The van der Waals surface area contributed by atoms with Gasteiger partial charge in [0.1, 0.15) is 19.0 Å². The van der Waals surface area contributed by atoms with E-state index in [1.807, 2.05) is 18.2 Å². The predicted molar refractivity (Wildman–Crippen MR) is 144 cm³/mol. The number of carbonyl (C=O) groups excluding carboxylic acids is 1. The predicted octanol–water partition coefficient (Wildman–Crippen LogP) is 4.30. The first-order valence-corrected chi connectivity index (χ1v) is 14.1. The molecule has 0 bridgehead atoms. The number of benzene rings is 2. The van der Waals surface area contributed by atoms with Crippen LogP contribution in [0.3, 0.4) is 0 Å². The normalized spacial score (nSPS) is 22.2. The maximum atomic E-state index is 13.4. The molecule has 2 atom stereocenters. The van der Waals surface area contributed by atoms with Gasteiger partial charge < -0.3 is 29.3 Å². The van der Waals surface area contributed by atoms with Gasteiger partial charge in [-0.2, -0.15) is 0 Å². The molecule has 2 aromatic rings. The van der Waals surface area contributed by atoms with Crippen LogP contribution >= 0.6 is 11.6 Å². The highest BCUT2D eigenvalue weighted by Gasteiger charge is 2.31. The van der Waals surface area contributed by atoms with Crippen LogP contribution in [0.15, 0.2) is 36.4 Å². The molecular weight excluding hydrogens is 490 g/mol. The van der Waals surface area contributed by atoms with Gasteiger partial charge in [-0.05, 0) is 87.5 Å².